The highest BCUT2D eigenvalue weighted by molar-refractivity contribution is 6.19. The lowest BCUT2D eigenvalue weighted by Gasteiger charge is -2.15. The molecule has 0 radical (unpaired) electrons. The second-order valence-corrected chi connectivity index (χ2v) is 6.33. The normalized spacial score (nSPS) is 14.3. The summed E-state index contributed by atoms with van der Waals surface area (Å²) in [7, 11) is 1.57. The summed E-state index contributed by atoms with van der Waals surface area (Å²) in [6.45, 7) is 0.151. The van der Waals surface area contributed by atoms with Crippen molar-refractivity contribution in [3.8, 4) is 0 Å². The summed E-state index contributed by atoms with van der Waals surface area (Å²) in [5, 5.41) is 2.80. The molecule has 27 heavy (non-hydrogen) atoms. The molecule has 2 heterocycles. The summed E-state index contributed by atoms with van der Waals surface area (Å²) in [6.07, 6.45) is 1.62. The van der Waals surface area contributed by atoms with Crippen LogP contribution in [-0.4, -0.2) is 45.9 Å². The Hall–Kier alpha value is -3.68. The first-order valence-corrected chi connectivity index (χ1v) is 8.41. The van der Waals surface area contributed by atoms with Crippen LogP contribution in [0.3, 0.4) is 0 Å². The third kappa shape index (κ3) is 3.12. The number of carbonyl (C=O) groups excluding carboxylic acids is 3. The van der Waals surface area contributed by atoms with Gasteiger partial charge in [0, 0.05) is 12.7 Å². The van der Waals surface area contributed by atoms with Crippen LogP contribution in [0.4, 0.5) is 16.2 Å². The van der Waals surface area contributed by atoms with E-state index in [0.29, 0.717) is 11.4 Å². The highest BCUT2D eigenvalue weighted by atomic mass is 16.2. The van der Waals surface area contributed by atoms with Crippen molar-refractivity contribution in [3.05, 3.63) is 54.9 Å². The Bertz CT molecular complexity index is 1060. The first kappa shape index (κ1) is 16.8. The Morgan fingerprint density at radius 1 is 1.15 bits per heavy atom. The van der Waals surface area contributed by atoms with Crippen molar-refractivity contribution in [2.24, 2.45) is 0 Å². The minimum absolute atomic E-state index is 0.0448. The number of para-hydroxylation sites is 2. The van der Waals surface area contributed by atoms with E-state index in [0.717, 1.165) is 15.9 Å². The quantitative estimate of drug-likeness (QED) is 0.719. The van der Waals surface area contributed by atoms with Crippen LogP contribution in [0.25, 0.3) is 11.0 Å². The van der Waals surface area contributed by atoms with E-state index in [1.165, 1.54) is 4.90 Å². The molecule has 3 aromatic rings. The molecule has 0 bridgehead atoms. The molecule has 4 amide bonds. The van der Waals surface area contributed by atoms with Gasteiger partial charge in [0.05, 0.1) is 23.0 Å². The molecule has 8 nitrogen and oxygen atoms in total. The van der Waals surface area contributed by atoms with Crippen LogP contribution in [0.5, 0.6) is 0 Å². The topological polar surface area (TPSA) is 87.5 Å². The van der Waals surface area contributed by atoms with E-state index >= 15 is 0 Å². The number of rotatable bonds is 4. The van der Waals surface area contributed by atoms with Crippen molar-refractivity contribution in [1.29, 1.82) is 0 Å². The molecule has 1 fully saturated rings. The van der Waals surface area contributed by atoms with Gasteiger partial charge >= 0.3 is 6.03 Å². The lowest BCUT2D eigenvalue weighted by Crippen LogP contribution is -2.31. The molecule has 0 saturated carbocycles. The molecule has 4 rings (SSSR count). The second-order valence-electron chi connectivity index (χ2n) is 6.33. The van der Waals surface area contributed by atoms with Crippen LogP contribution in [0.1, 0.15) is 0 Å². The maximum atomic E-state index is 12.4. The van der Waals surface area contributed by atoms with Crippen LogP contribution in [0, 0.1) is 0 Å². The lowest BCUT2D eigenvalue weighted by molar-refractivity contribution is -0.117. The maximum absolute atomic E-state index is 12.4. The minimum Gasteiger partial charge on any atom is -0.324 e. The third-order valence-corrected chi connectivity index (χ3v) is 4.37. The fraction of sp³-hybridized carbons (Fsp3) is 0.158. The van der Waals surface area contributed by atoms with Gasteiger partial charge in [0.25, 0.3) is 5.91 Å². The minimum atomic E-state index is -0.381. The Labute approximate surface area is 155 Å². The zero-order chi connectivity index (χ0) is 19.0. The van der Waals surface area contributed by atoms with Crippen molar-refractivity contribution < 1.29 is 14.4 Å². The van der Waals surface area contributed by atoms with Gasteiger partial charge in [-0.05, 0) is 30.3 Å². The molecule has 0 aliphatic carbocycles. The van der Waals surface area contributed by atoms with Gasteiger partial charge in [0.1, 0.15) is 13.1 Å². The maximum Gasteiger partial charge on any atom is 0.331 e. The van der Waals surface area contributed by atoms with Crippen LogP contribution in [-0.2, 0) is 16.1 Å². The highest BCUT2D eigenvalue weighted by Crippen LogP contribution is 2.24. The Morgan fingerprint density at radius 3 is 2.74 bits per heavy atom. The van der Waals surface area contributed by atoms with Crippen molar-refractivity contribution >= 4 is 40.3 Å². The first-order chi connectivity index (χ1) is 13.0. The molecule has 1 saturated heterocycles. The average molecular weight is 363 g/mol. The predicted octanol–water partition coefficient (Wildman–Crippen LogP) is 2.07. The van der Waals surface area contributed by atoms with Gasteiger partial charge in [0.15, 0.2) is 0 Å². The molecule has 0 atom stereocenters. The van der Waals surface area contributed by atoms with Gasteiger partial charge in [-0.1, -0.05) is 18.2 Å². The number of urea groups is 1. The van der Waals surface area contributed by atoms with E-state index in [9.17, 15) is 14.4 Å². The van der Waals surface area contributed by atoms with E-state index in [1.807, 2.05) is 24.3 Å². The zero-order valence-electron chi connectivity index (χ0n) is 14.6. The van der Waals surface area contributed by atoms with E-state index in [4.69, 9.17) is 0 Å². The van der Waals surface area contributed by atoms with Crippen molar-refractivity contribution in [3.63, 3.8) is 0 Å². The molecule has 2 aromatic carbocycles. The number of hydrogen-bond acceptors (Lipinski definition) is 4. The van der Waals surface area contributed by atoms with Crippen LogP contribution >= 0.6 is 0 Å². The summed E-state index contributed by atoms with van der Waals surface area (Å²) in [5.41, 5.74) is 2.64. The molecular weight excluding hydrogens is 346 g/mol. The van der Waals surface area contributed by atoms with Crippen LogP contribution in [0.15, 0.2) is 54.9 Å². The van der Waals surface area contributed by atoms with Crippen molar-refractivity contribution in [2.75, 3.05) is 23.8 Å². The molecule has 8 heteroatoms. The fourth-order valence-corrected chi connectivity index (χ4v) is 3.09. The van der Waals surface area contributed by atoms with Gasteiger partial charge in [-0.15, -0.1) is 0 Å². The number of hydrogen-bond donors (Lipinski definition) is 1. The third-order valence-electron chi connectivity index (χ3n) is 4.37. The molecule has 1 aliphatic rings. The van der Waals surface area contributed by atoms with E-state index in [2.05, 4.69) is 10.3 Å². The zero-order valence-corrected chi connectivity index (χ0v) is 14.6. The van der Waals surface area contributed by atoms with Gasteiger partial charge in [-0.3, -0.25) is 9.59 Å². The number of amides is 4. The summed E-state index contributed by atoms with van der Waals surface area (Å²) >= 11 is 0. The SMILES string of the molecule is CN1CC(=O)N(c2cccc(NC(=O)Cn3cnc4ccccc43)c2)C1=O. The summed E-state index contributed by atoms with van der Waals surface area (Å²) in [6, 6.07) is 13.9. The number of imidazole rings is 1. The van der Waals surface area contributed by atoms with E-state index in [1.54, 1.807) is 42.2 Å². The Balaban J connectivity index is 1.50. The number of nitrogens with zero attached hydrogens (tertiary/aromatic N) is 4. The first-order valence-electron chi connectivity index (χ1n) is 8.41. The van der Waals surface area contributed by atoms with Crippen LogP contribution < -0.4 is 10.2 Å². The largest absolute Gasteiger partial charge is 0.331 e. The molecule has 1 N–H and O–H groups in total. The van der Waals surface area contributed by atoms with Crippen molar-refractivity contribution in [1.82, 2.24) is 14.5 Å². The number of imide groups is 1. The Kier molecular flexibility index (Phi) is 4.08. The molecule has 1 aliphatic heterocycles. The van der Waals surface area contributed by atoms with Gasteiger partial charge in [0.2, 0.25) is 5.91 Å². The summed E-state index contributed by atoms with van der Waals surface area (Å²) < 4.78 is 1.76. The molecule has 1 aromatic heterocycles. The van der Waals surface area contributed by atoms with Crippen molar-refractivity contribution in [2.45, 2.75) is 6.54 Å². The smallest absolute Gasteiger partial charge is 0.324 e. The van der Waals surface area contributed by atoms with E-state index in [-0.39, 0.29) is 30.9 Å². The molecule has 136 valence electrons. The predicted molar refractivity (Wildman–Crippen MR) is 100 cm³/mol. The molecular formula is C19H17N5O3. The lowest BCUT2D eigenvalue weighted by atomic mass is 10.2. The summed E-state index contributed by atoms with van der Waals surface area (Å²) in [5.74, 6) is -0.526. The number of anilines is 2. The molecule has 0 spiro atoms. The monoisotopic (exact) mass is 363 g/mol. The number of likely N-dealkylation sites (N-methyl/N-ethyl adjacent to an activating group) is 1. The van der Waals surface area contributed by atoms with Gasteiger partial charge in [-0.25, -0.2) is 14.7 Å². The fourth-order valence-electron chi connectivity index (χ4n) is 3.09. The van der Waals surface area contributed by atoms with Crippen LogP contribution in [0.2, 0.25) is 0 Å². The van der Waals surface area contributed by atoms with Gasteiger partial charge < -0.3 is 14.8 Å². The number of fused-ring (bicyclic) bond motifs is 1. The number of nitrogens with one attached hydrogen (secondary N) is 1. The highest BCUT2D eigenvalue weighted by Gasteiger charge is 2.34. The Morgan fingerprint density at radius 2 is 1.96 bits per heavy atom. The second kappa shape index (κ2) is 6.56. The number of carbonyl (C=O) groups is 3. The number of aromatic nitrogens is 2. The summed E-state index contributed by atoms with van der Waals surface area (Å²) in [4.78, 5) is 43.3. The van der Waals surface area contributed by atoms with E-state index < -0.39 is 0 Å². The average Bonchev–Trinajstić information content (AvgIpc) is 3.16. The van der Waals surface area contributed by atoms with Gasteiger partial charge in [-0.2, -0.15) is 0 Å². The number of benzene rings is 2. The standard InChI is InChI=1S/C19H17N5O3/c1-22-11-18(26)24(19(22)27)14-6-4-5-13(9-14)21-17(25)10-23-12-20-15-7-2-3-8-16(15)23/h2-9,12H,10-11H2,1H3,(H,21,25). The molecule has 0 unspecified atom stereocenters.